The molecule has 0 radical (unpaired) electrons. The van der Waals surface area contributed by atoms with E-state index in [4.69, 9.17) is 5.73 Å². The third kappa shape index (κ3) is 3.02. The van der Waals surface area contributed by atoms with Gasteiger partial charge in [0.25, 0.3) is 0 Å². The molecular weight excluding hydrogens is 202 g/mol. The number of aryl methyl sites for hydroxylation is 1. The van der Waals surface area contributed by atoms with Gasteiger partial charge in [0.05, 0.1) is 6.54 Å². The highest BCUT2D eigenvalue weighted by molar-refractivity contribution is 4.89. The minimum absolute atomic E-state index is 0.0109. The molecule has 1 aromatic heterocycles. The summed E-state index contributed by atoms with van der Waals surface area (Å²) in [5.74, 6) is 1.01. The zero-order valence-corrected chi connectivity index (χ0v) is 10.8. The van der Waals surface area contributed by atoms with E-state index in [9.17, 15) is 0 Å². The van der Waals surface area contributed by atoms with Crippen LogP contribution in [0.15, 0.2) is 6.33 Å². The van der Waals surface area contributed by atoms with Crippen molar-refractivity contribution in [1.29, 1.82) is 0 Å². The summed E-state index contributed by atoms with van der Waals surface area (Å²) in [6, 6.07) is 0. The van der Waals surface area contributed by atoms with Gasteiger partial charge in [-0.05, 0) is 27.3 Å². The Hall–Kier alpha value is -0.940. The molecule has 1 aromatic rings. The van der Waals surface area contributed by atoms with Gasteiger partial charge < -0.3 is 5.73 Å². The normalized spacial score (nSPS) is 12.4. The Morgan fingerprint density at radius 2 is 2.19 bits per heavy atom. The quantitative estimate of drug-likeness (QED) is 0.780. The molecule has 0 saturated heterocycles. The van der Waals surface area contributed by atoms with E-state index in [1.54, 1.807) is 6.33 Å². The van der Waals surface area contributed by atoms with E-state index in [2.05, 4.69) is 42.8 Å². The fraction of sp³-hybridized carbons (Fsp3) is 0.818. The van der Waals surface area contributed by atoms with Gasteiger partial charge in [-0.15, -0.1) is 0 Å². The van der Waals surface area contributed by atoms with Gasteiger partial charge in [0.2, 0.25) is 0 Å². The fourth-order valence-electron chi connectivity index (χ4n) is 1.39. The molecule has 0 bridgehead atoms. The topological polar surface area (TPSA) is 60.0 Å². The van der Waals surface area contributed by atoms with Crippen LogP contribution in [0.2, 0.25) is 0 Å². The zero-order chi connectivity index (χ0) is 12.2. The molecule has 92 valence electrons. The first kappa shape index (κ1) is 13.1. The van der Waals surface area contributed by atoms with Crippen LogP contribution >= 0.6 is 0 Å². The summed E-state index contributed by atoms with van der Waals surface area (Å²) in [7, 11) is 2.07. The van der Waals surface area contributed by atoms with Crippen molar-refractivity contribution in [2.45, 2.75) is 45.8 Å². The Morgan fingerprint density at radius 3 is 2.75 bits per heavy atom. The zero-order valence-electron chi connectivity index (χ0n) is 10.8. The fourth-order valence-corrected chi connectivity index (χ4v) is 1.39. The number of hydrogen-bond donors (Lipinski definition) is 1. The third-order valence-corrected chi connectivity index (χ3v) is 3.04. The van der Waals surface area contributed by atoms with Crippen molar-refractivity contribution in [2.24, 2.45) is 5.73 Å². The van der Waals surface area contributed by atoms with Crippen molar-refractivity contribution >= 4 is 0 Å². The number of nitrogens with two attached hydrogens (primary N) is 1. The maximum Gasteiger partial charge on any atom is 0.141 e. The Balaban J connectivity index is 2.69. The summed E-state index contributed by atoms with van der Waals surface area (Å²) in [6.07, 6.45) is 2.69. The molecule has 5 nitrogen and oxygen atoms in total. The van der Waals surface area contributed by atoms with Crippen molar-refractivity contribution in [3.63, 3.8) is 0 Å². The van der Waals surface area contributed by atoms with Crippen LogP contribution in [0.1, 0.15) is 33.0 Å². The molecule has 0 spiro atoms. The van der Waals surface area contributed by atoms with E-state index in [1.165, 1.54) is 0 Å². The maximum atomic E-state index is 5.75. The molecule has 0 unspecified atom stereocenters. The van der Waals surface area contributed by atoms with Crippen molar-refractivity contribution in [3.8, 4) is 0 Å². The second-order valence-corrected chi connectivity index (χ2v) is 4.77. The lowest BCUT2D eigenvalue weighted by Crippen LogP contribution is -2.46. The van der Waals surface area contributed by atoms with Crippen LogP contribution in [-0.2, 0) is 13.1 Å². The van der Waals surface area contributed by atoms with Crippen molar-refractivity contribution in [2.75, 3.05) is 13.6 Å². The van der Waals surface area contributed by atoms with Gasteiger partial charge >= 0.3 is 0 Å². The summed E-state index contributed by atoms with van der Waals surface area (Å²) in [6.45, 7) is 8.74. The third-order valence-electron chi connectivity index (χ3n) is 3.04. The van der Waals surface area contributed by atoms with Gasteiger partial charge in [0.1, 0.15) is 12.2 Å². The molecule has 5 heteroatoms. The minimum atomic E-state index is -0.0109. The van der Waals surface area contributed by atoms with E-state index in [0.29, 0.717) is 6.54 Å². The predicted octanol–water partition coefficient (Wildman–Crippen LogP) is 0.857. The highest BCUT2D eigenvalue weighted by Crippen LogP contribution is 2.13. The summed E-state index contributed by atoms with van der Waals surface area (Å²) in [4.78, 5) is 6.50. The molecule has 1 rings (SSSR count). The van der Waals surface area contributed by atoms with Crippen LogP contribution in [-0.4, -0.2) is 38.8 Å². The lowest BCUT2D eigenvalue weighted by atomic mass is 10.0. The molecule has 0 atom stereocenters. The first-order chi connectivity index (χ1) is 7.51. The molecule has 1 heterocycles. The van der Waals surface area contributed by atoms with Gasteiger partial charge in [0.15, 0.2) is 0 Å². The van der Waals surface area contributed by atoms with Gasteiger partial charge in [-0.2, -0.15) is 5.10 Å². The standard InChI is InChI=1S/C11H23N5/c1-5-6-16-10(13-9-14-16)7-15(4)11(2,3)8-12/h9H,5-8,12H2,1-4H3. The summed E-state index contributed by atoms with van der Waals surface area (Å²) in [5.41, 5.74) is 5.74. The molecule has 0 fully saturated rings. The lowest BCUT2D eigenvalue weighted by molar-refractivity contribution is 0.149. The minimum Gasteiger partial charge on any atom is -0.329 e. The molecule has 0 amide bonds. The van der Waals surface area contributed by atoms with Gasteiger partial charge in [-0.1, -0.05) is 6.92 Å². The smallest absolute Gasteiger partial charge is 0.141 e. The number of aromatic nitrogens is 3. The van der Waals surface area contributed by atoms with Gasteiger partial charge in [-0.25, -0.2) is 9.67 Å². The molecule has 2 N–H and O–H groups in total. The second kappa shape index (κ2) is 5.41. The molecule has 0 aliphatic carbocycles. The maximum absolute atomic E-state index is 5.75. The van der Waals surface area contributed by atoms with Crippen LogP contribution in [0.3, 0.4) is 0 Å². The number of nitrogens with zero attached hydrogens (tertiary/aromatic N) is 4. The Kier molecular flexibility index (Phi) is 4.44. The lowest BCUT2D eigenvalue weighted by Gasteiger charge is -2.34. The van der Waals surface area contributed by atoms with Crippen LogP contribution < -0.4 is 5.73 Å². The average molecular weight is 225 g/mol. The Morgan fingerprint density at radius 1 is 1.50 bits per heavy atom. The second-order valence-electron chi connectivity index (χ2n) is 4.77. The number of rotatable bonds is 6. The van der Waals surface area contributed by atoms with E-state index in [1.807, 2.05) is 4.68 Å². The van der Waals surface area contributed by atoms with Gasteiger partial charge in [0, 0.05) is 18.6 Å². The Labute approximate surface area is 97.6 Å². The summed E-state index contributed by atoms with van der Waals surface area (Å²) < 4.78 is 1.96. The van der Waals surface area contributed by atoms with Crippen molar-refractivity contribution in [3.05, 3.63) is 12.2 Å². The van der Waals surface area contributed by atoms with Crippen LogP contribution in [0.25, 0.3) is 0 Å². The van der Waals surface area contributed by atoms with Gasteiger partial charge in [-0.3, -0.25) is 4.90 Å². The molecule has 0 saturated carbocycles. The highest BCUT2D eigenvalue weighted by Gasteiger charge is 2.22. The molecule has 0 aliphatic rings. The summed E-state index contributed by atoms with van der Waals surface area (Å²) in [5, 5.41) is 4.21. The predicted molar refractivity (Wildman–Crippen MR) is 64.9 cm³/mol. The largest absolute Gasteiger partial charge is 0.329 e. The van der Waals surface area contributed by atoms with Crippen LogP contribution in [0, 0.1) is 0 Å². The SMILES string of the molecule is CCCn1ncnc1CN(C)C(C)(C)CN. The number of likely N-dealkylation sites (N-methyl/N-ethyl adjacent to an activating group) is 1. The van der Waals surface area contributed by atoms with E-state index >= 15 is 0 Å². The highest BCUT2D eigenvalue weighted by atomic mass is 15.3. The van der Waals surface area contributed by atoms with Crippen LogP contribution in [0.5, 0.6) is 0 Å². The molecule has 0 aliphatic heterocycles. The van der Waals surface area contributed by atoms with Crippen molar-refractivity contribution < 1.29 is 0 Å². The van der Waals surface area contributed by atoms with Crippen LogP contribution in [0.4, 0.5) is 0 Å². The Bertz CT molecular complexity index is 318. The first-order valence-corrected chi connectivity index (χ1v) is 5.79. The molecule has 16 heavy (non-hydrogen) atoms. The number of hydrogen-bond acceptors (Lipinski definition) is 4. The summed E-state index contributed by atoms with van der Waals surface area (Å²) >= 11 is 0. The molecular formula is C11H23N5. The first-order valence-electron chi connectivity index (χ1n) is 5.79. The monoisotopic (exact) mass is 225 g/mol. The average Bonchev–Trinajstić information content (AvgIpc) is 2.66. The van der Waals surface area contributed by atoms with E-state index in [0.717, 1.165) is 25.3 Å². The van der Waals surface area contributed by atoms with E-state index < -0.39 is 0 Å². The van der Waals surface area contributed by atoms with Crippen molar-refractivity contribution in [1.82, 2.24) is 19.7 Å². The van der Waals surface area contributed by atoms with E-state index in [-0.39, 0.29) is 5.54 Å². The molecule has 0 aromatic carbocycles.